The molecule has 0 fully saturated rings. The molecular weight excluding hydrogens is 312 g/mol. The molecule has 7 heteroatoms. The first kappa shape index (κ1) is 15.8. The summed E-state index contributed by atoms with van der Waals surface area (Å²) >= 11 is 0. The van der Waals surface area contributed by atoms with Gasteiger partial charge in [0.15, 0.2) is 0 Å². The van der Waals surface area contributed by atoms with E-state index in [2.05, 4.69) is 0 Å². The van der Waals surface area contributed by atoms with E-state index in [1.54, 1.807) is 0 Å². The van der Waals surface area contributed by atoms with Gasteiger partial charge in [-0.15, -0.1) is 0 Å². The maximum absolute atomic E-state index is 8.74. The van der Waals surface area contributed by atoms with Crippen LogP contribution in [0.1, 0.15) is 0 Å². The molecule has 0 rings (SSSR count). The van der Waals surface area contributed by atoms with Crippen molar-refractivity contribution in [1.82, 2.24) is 0 Å². The van der Waals surface area contributed by atoms with Gasteiger partial charge in [-0.2, -0.15) is 8.42 Å². The van der Waals surface area contributed by atoms with E-state index in [0.29, 0.717) is 0 Å². The van der Waals surface area contributed by atoms with Crippen molar-refractivity contribution >= 4 is 10.4 Å². The van der Waals surface area contributed by atoms with E-state index in [9.17, 15) is 0 Å². The van der Waals surface area contributed by atoms with Gasteiger partial charge in [-0.05, 0) is 0 Å². The Morgan fingerprint density at radius 2 is 1.00 bits per heavy atom. The van der Waals surface area contributed by atoms with Gasteiger partial charge < -0.3 is 0 Å². The van der Waals surface area contributed by atoms with Crippen LogP contribution in [0, 0.1) is 0 Å². The summed E-state index contributed by atoms with van der Waals surface area (Å²) in [5.41, 5.74) is 0. The van der Waals surface area contributed by atoms with Gasteiger partial charge in [-0.1, -0.05) is 0 Å². The van der Waals surface area contributed by atoms with Gasteiger partial charge in [0.2, 0.25) is 0 Å². The molecule has 0 aliphatic rings. The topological polar surface area (TPSA) is 74.6 Å². The zero-order valence-corrected chi connectivity index (χ0v) is 6.50. The molecule has 4 nitrogen and oxygen atoms in total. The van der Waals surface area contributed by atoms with Crippen LogP contribution >= 0.6 is 0 Å². The van der Waals surface area contributed by atoms with Gasteiger partial charge in [0.25, 0.3) is 0 Å². The molecule has 2 N–H and O–H groups in total. The summed E-state index contributed by atoms with van der Waals surface area (Å²) in [5, 5.41) is 0. The van der Waals surface area contributed by atoms with Crippen LogP contribution in [0.4, 0.5) is 0 Å². The normalized spacial score (nSPS) is 8.29. The third kappa shape index (κ3) is 115. The minimum Gasteiger partial charge on any atom is -0.264 e. The smallest absolute Gasteiger partial charge is 0.264 e. The van der Waals surface area contributed by atoms with Crippen molar-refractivity contribution in [3.8, 4) is 0 Å². The zero-order chi connectivity index (χ0) is 4.50. The molecule has 7 heavy (non-hydrogen) atoms. The summed E-state index contributed by atoms with van der Waals surface area (Å²) in [6.07, 6.45) is 0. The molecule has 0 heterocycles. The summed E-state index contributed by atoms with van der Waals surface area (Å²) in [4.78, 5) is 0. The fraction of sp³-hybridized carbons (Fsp3) is 0. The van der Waals surface area contributed by atoms with E-state index >= 15 is 0 Å². The van der Waals surface area contributed by atoms with E-state index in [0.717, 1.165) is 0 Å². The first-order valence-corrected chi connectivity index (χ1v) is 2.10. The average Bonchev–Trinajstić information content (AvgIpc) is 0.722. The van der Waals surface area contributed by atoms with Crippen molar-refractivity contribution in [2.24, 2.45) is 0 Å². The van der Waals surface area contributed by atoms with Crippen molar-refractivity contribution in [3.63, 3.8) is 0 Å². The first-order valence-electron chi connectivity index (χ1n) is 0.698. The van der Waals surface area contributed by atoms with E-state index in [1.165, 1.54) is 0 Å². The molecule has 0 aromatic carbocycles. The molecule has 0 aliphatic heterocycles. The molecule has 0 saturated carbocycles. The number of rotatable bonds is 0. The van der Waals surface area contributed by atoms with Gasteiger partial charge in [-0.25, -0.2) is 0 Å². The molecule has 0 aliphatic carbocycles. The van der Waals surface area contributed by atoms with Gasteiger partial charge in [0.05, 0.1) is 0 Å². The predicted molar refractivity (Wildman–Crippen MR) is 14.2 cm³/mol. The van der Waals surface area contributed by atoms with Gasteiger partial charge in [0.1, 0.15) is 0 Å². The average molecular weight is 314 g/mol. The van der Waals surface area contributed by atoms with Gasteiger partial charge in [0, 0.05) is 44.8 Å². The molecule has 54 valence electrons. The Labute approximate surface area is 72.3 Å². The van der Waals surface area contributed by atoms with Crippen LogP contribution in [0.25, 0.3) is 0 Å². The minimum atomic E-state index is -4.67. The SMILES string of the molecule is O=S(=O)(O)O.[Ag].[Ag]. The van der Waals surface area contributed by atoms with E-state index in [1.807, 2.05) is 0 Å². The zero-order valence-electron chi connectivity index (χ0n) is 2.72. The Kier molecular flexibility index (Phi) is 12.4. The predicted octanol–water partition coefficient (Wildman–Crippen LogP) is -0.658. The Bertz CT molecular complexity index is 92.9. The second-order valence-electron chi connectivity index (χ2n) is 0.448. The second kappa shape index (κ2) is 5.49. The summed E-state index contributed by atoms with van der Waals surface area (Å²) in [6.45, 7) is 0. The Morgan fingerprint density at radius 3 is 1.00 bits per heavy atom. The number of hydrogen-bond donors (Lipinski definition) is 2. The molecule has 0 spiro atoms. The van der Waals surface area contributed by atoms with Crippen molar-refractivity contribution in [2.75, 3.05) is 0 Å². The summed E-state index contributed by atoms with van der Waals surface area (Å²) in [5.74, 6) is 0. The van der Waals surface area contributed by atoms with Crippen molar-refractivity contribution in [2.45, 2.75) is 0 Å². The number of hydrogen-bond acceptors (Lipinski definition) is 2. The molecule has 0 unspecified atom stereocenters. The van der Waals surface area contributed by atoms with Crippen molar-refractivity contribution < 1.29 is 62.3 Å². The summed E-state index contributed by atoms with van der Waals surface area (Å²) < 4.78 is 31.6. The van der Waals surface area contributed by atoms with Gasteiger partial charge >= 0.3 is 10.4 Å². The third-order valence-electron chi connectivity index (χ3n) is 0. The van der Waals surface area contributed by atoms with Crippen LogP contribution in [-0.2, 0) is 55.2 Å². The second-order valence-corrected chi connectivity index (χ2v) is 1.34. The van der Waals surface area contributed by atoms with Crippen LogP contribution < -0.4 is 0 Å². The van der Waals surface area contributed by atoms with Crippen molar-refractivity contribution in [3.05, 3.63) is 0 Å². The molecule has 0 amide bonds. The van der Waals surface area contributed by atoms with Crippen LogP contribution in [0.2, 0.25) is 0 Å². The molecular formula is H2Ag2O4S. The van der Waals surface area contributed by atoms with Crippen LogP contribution in [-0.4, -0.2) is 17.5 Å². The molecule has 0 bridgehead atoms. The van der Waals surface area contributed by atoms with Crippen LogP contribution in [0.3, 0.4) is 0 Å². The van der Waals surface area contributed by atoms with Crippen LogP contribution in [0.15, 0.2) is 0 Å². The van der Waals surface area contributed by atoms with E-state index < -0.39 is 10.4 Å². The summed E-state index contributed by atoms with van der Waals surface area (Å²) in [7, 11) is -4.67. The first-order chi connectivity index (χ1) is 2.00. The largest absolute Gasteiger partial charge is 0.394 e. The minimum absolute atomic E-state index is 0. The molecule has 0 aromatic rings. The molecule has 0 atom stereocenters. The quantitative estimate of drug-likeness (QED) is 0.460. The van der Waals surface area contributed by atoms with E-state index in [4.69, 9.17) is 17.5 Å². The standard InChI is InChI=1S/2Ag.H2O4S/c;;1-5(2,3)4/h;;(H2,1,2,3,4). The van der Waals surface area contributed by atoms with Crippen LogP contribution in [0.5, 0.6) is 0 Å². The van der Waals surface area contributed by atoms with E-state index in [-0.39, 0.29) is 44.8 Å². The maximum atomic E-state index is 8.74. The summed E-state index contributed by atoms with van der Waals surface area (Å²) in [6, 6.07) is 0. The molecule has 0 saturated heterocycles. The monoisotopic (exact) mass is 312 g/mol. The maximum Gasteiger partial charge on any atom is 0.394 e. The third-order valence-corrected chi connectivity index (χ3v) is 0. The van der Waals surface area contributed by atoms with Crippen molar-refractivity contribution in [1.29, 1.82) is 0 Å². The van der Waals surface area contributed by atoms with Gasteiger partial charge in [-0.3, -0.25) is 9.11 Å². The fourth-order valence-electron chi connectivity index (χ4n) is 0. The fourth-order valence-corrected chi connectivity index (χ4v) is 0. The molecule has 2 radical (unpaired) electrons. The Morgan fingerprint density at radius 1 is 1.00 bits per heavy atom. The molecule has 0 aromatic heterocycles. The Hall–Kier alpha value is 1.35. The Balaban J connectivity index is -0.0000000800.